The van der Waals surface area contributed by atoms with Crippen molar-refractivity contribution in [2.24, 2.45) is 0 Å². The minimum atomic E-state index is 0.955. The minimum absolute atomic E-state index is 0.955. The number of allylic oxidation sites excluding steroid dienone is 4. The lowest BCUT2D eigenvalue weighted by Gasteiger charge is -1.95. The highest BCUT2D eigenvalue weighted by molar-refractivity contribution is 8.03. The maximum Gasteiger partial charge on any atom is 0.0652 e. The third kappa shape index (κ3) is 2.31. The molecule has 0 radical (unpaired) electrons. The Bertz CT molecular complexity index is 226. The van der Waals surface area contributed by atoms with Crippen molar-refractivity contribution in [1.29, 1.82) is 0 Å². The molecule has 1 aliphatic rings. The van der Waals surface area contributed by atoms with E-state index in [1.165, 1.54) is 4.91 Å². The SMILES string of the molecule is C=C/C=C\C(=C)C1=CNCS1. The third-order valence-electron chi connectivity index (χ3n) is 1.29. The minimum Gasteiger partial charge on any atom is -0.381 e. The highest BCUT2D eigenvalue weighted by Gasteiger charge is 2.04. The van der Waals surface area contributed by atoms with Crippen molar-refractivity contribution < 1.29 is 0 Å². The van der Waals surface area contributed by atoms with Crippen LogP contribution in [0.5, 0.6) is 0 Å². The van der Waals surface area contributed by atoms with Gasteiger partial charge in [0.25, 0.3) is 0 Å². The van der Waals surface area contributed by atoms with Crippen LogP contribution in [0.15, 0.2) is 48.1 Å². The Kier molecular flexibility index (Phi) is 3.05. The normalized spacial score (nSPS) is 16.2. The van der Waals surface area contributed by atoms with Crippen molar-refractivity contribution in [1.82, 2.24) is 5.32 Å². The monoisotopic (exact) mass is 165 g/mol. The van der Waals surface area contributed by atoms with Gasteiger partial charge in [0.05, 0.1) is 5.88 Å². The van der Waals surface area contributed by atoms with Gasteiger partial charge in [0.15, 0.2) is 0 Å². The molecule has 1 heterocycles. The van der Waals surface area contributed by atoms with Crippen LogP contribution < -0.4 is 5.32 Å². The predicted octanol–water partition coefficient (Wildman–Crippen LogP) is 2.42. The zero-order valence-electron chi connectivity index (χ0n) is 6.34. The summed E-state index contributed by atoms with van der Waals surface area (Å²) in [6.45, 7) is 7.50. The average molecular weight is 165 g/mol. The van der Waals surface area contributed by atoms with Crippen molar-refractivity contribution >= 4 is 11.8 Å². The van der Waals surface area contributed by atoms with E-state index < -0.39 is 0 Å². The molecule has 2 heteroatoms. The van der Waals surface area contributed by atoms with E-state index in [0.29, 0.717) is 0 Å². The van der Waals surface area contributed by atoms with Gasteiger partial charge in [-0.15, -0.1) is 11.8 Å². The summed E-state index contributed by atoms with van der Waals surface area (Å²) in [4.78, 5) is 1.21. The van der Waals surface area contributed by atoms with Gasteiger partial charge in [-0.3, -0.25) is 0 Å². The summed E-state index contributed by atoms with van der Waals surface area (Å²) in [6.07, 6.45) is 7.58. The molecular weight excluding hydrogens is 154 g/mol. The van der Waals surface area contributed by atoms with Crippen LogP contribution in [0.4, 0.5) is 0 Å². The number of hydrogen-bond acceptors (Lipinski definition) is 2. The zero-order chi connectivity index (χ0) is 8.10. The average Bonchev–Trinajstić information content (AvgIpc) is 2.52. The summed E-state index contributed by atoms with van der Waals surface area (Å²) in [5.74, 6) is 0.955. The highest BCUT2D eigenvalue weighted by Crippen LogP contribution is 2.25. The first-order valence-electron chi connectivity index (χ1n) is 3.39. The molecule has 1 rings (SSSR count). The quantitative estimate of drug-likeness (QED) is 0.644. The fourth-order valence-electron chi connectivity index (χ4n) is 0.747. The molecule has 0 atom stereocenters. The molecule has 0 saturated heterocycles. The van der Waals surface area contributed by atoms with E-state index in [1.807, 2.05) is 18.4 Å². The molecular formula is C9H11NS. The van der Waals surface area contributed by atoms with Crippen LogP contribution in [0.25, 0.3) is 0 Å². The second kappa shape index (κ2) is 4.09. The van der Waals surface area contributed by atoms with Crippen LogP contribution in [0, 0.1) is 0 Å². The fourth-order valence-corrected chi connectivity index (χ4v) is 1.49. The molecule has 0 amide bonds. The molecule has 0 saturated carbocycles. The number of hydrogen-bond donors (Lipinski definition) is 1. The zero-order valence-corrected chi connectivity index (χ0v) is 7.16. The lowest BCUT2D eigenvalue weighted by Crippen LogP contribution is -1.94. The van der Waals surface area contributed by atoms with E-state index in [1.54, 1.807) is 17.8 Å². The first-order valence-corrected chi connectivity index (χ1v) is 4.38. The first-order chi connectivity index (χ1) is 5.34. The Hall–Kier alpha value is -0.890. The summed E-state index contributed by atoms with van der Waals surface area (Å²) in [7, 11) is 0. The molecule has 0 aromatic rings. The van der Waals surface area contributed by atoms with Gasteiger partial charge in [-0.25, -0.2) is 0 Å². The van der Waals surface area contributed by atoms with Gasteiger partial charge in [-0.1, -0.05) is 31.4 Å². The standard InChI is InChI=1S/C9H11NS/c1-3-4-5-8(2)9-6-10-7-11-9/h3-6,10H,1-2,7H2/b5-4-. The third-order valence-corrected chi connectivity index (χ3v) is 2.30. The van der Waals surface area contributed by atoms with Crippen molar-refractivity contribution in [2.75, 3.05) is 5.88 Å². The second-order valence-electron chi connectivity index (χ2n) is 2.12. The summed E-state index contributed by atoms with van der Waals surface area (Å²) >= 11 is 1.77. The molecule has 0 spiro atoms. The molecule has 11 heavy (non-hydrogen) atoms. The van der Waals surface area contributed by atoms with Crippen molar-refractivity contribution in [2.45, 2.75) is 0 Å². The Morgan fingerprint density at radius 2 is 2.55 bits per heavy atom. The molecule has 58 valence electrons. The Morgan fingerprint density at radius 1 is 1.73 bits per heavy atom. The molecule has 1 N–H and O–H groups in total. The van der Waals surface area contributed by atoms with Gasteiger partial charge < -0.3 is 5.32 Å². The van der Waals surface area contributed by atoms with Gasteiger partial charge in [-0.05, 0) is 5.57 Å². The van der Waals surface area contributed by atoms with E-state index in [9.17, 15) is 0 Å². The number of thioether (sulfide) groups is 1. The van der Waals surface area contributed by atoms with Crippen LogP contribution in [0.2, 0.25) is 0 Å². The van der Waals surface area contributed by atoms with E-state index in [2.05, 4.69) is 18.5 Å². The summed E-state index contributed by atoms with van der Waals surface area (Å²) < 4.78 is 0. The van der Waals surface area contributed by atoms with Crippen LogP contribution >= 0.6 is 11.8 Å². The second-order valence-corrected chi connectivity index (χ2v) is 3.14. The van der Waals surface area contributed by atoms with Crippen LogP contribution in [-0.4, -0.2) is 5.88 Å². The lowest BCUT2D eigenvalue weighted by molar-refractivity contribution is 1.08. The Morgan fingerprint density at radius 3 is 3.09 bits per heavy atom. The molecule has 0 bridgehead atoms. The van der Waals surface area contributed by atoms with Gasteiger partial charge in [0.1, 0.15) is 0 Å². The maximum absolute atomic E-state index is 3.91. The Balaban J connectivity index is 2.53. The van der Waals surface area contributed by atoms with Gasteiger partial charge >= 0.3 is 0 Å². The molecule has 0 aromatic heterocycles. The van der Waals surface area contributed by atoms with Crippen molar-refractivity contribution in [3.05, 3.63) is 48.1 Å². The van der Waals surface area contributed by atoms with Crippen molar-refractivity contribution in [3.63, 3.8) is 0 Å². The van der Waals surface area contributed by atoms with E-state index in [0.717, 1.165) is 11.4 Å². The smallest absolute Gasteiger partial charge is 0.0652 e. The molecule has 0 fully saturated rings. The number of nitrogens with one attached hydrogen (secondary N) is 1. The molecule has 1 aliphatic heterocycles. The Labute approximate surface area is 71.6 Å². The fraction of sp³-hybridized carbons (Fsp3) is 0.111. The first kappa shape index (κ1) is 8.21. The van der Waals surface area contributed by atoms with Gasteiger partial charge in [0, 0.05) is 11.1 Å². The lowest BCUT2D eigenvalue weighted by atomic mass is 10.2. The van der Waals surface area contributed by atoms with E-state index >= 15 is 0 Å². The molecule has 0 unspecified atom stereocenters. The highest BCUT2D eigenvalue weighted by atomic mass is 32.2. The van der Waals surface area contributed by atoms with Crippen LogP contribution in [0.3, 0.4) is 0 Å². The largest absolute Gasteiger partial charge is 0.381 e. The summed E-state index contributed by atoms with van der Waals surface area (Å²) in [5.41, 5.74) is 1.04. The molecule has 1 nitrogen and oxygen atoms in total. The summed E-state index contributed by atoms with van der Waals surface area (Å²) in [6, 6.07) is 0. The van der Waals surface area contributed by atoms with Crippen LogP contribution in [-0.2, 0) is 0 Å². The maximum atomic E-state index is 3.91. The van der Waals surface area contributed by atoms with Crippen molar-refractivity contribution in [3.8, 4) is 0 Å². The van der Waals surface area contributed by atoms with E-state index in [-0.39, 0.29) is 0 Å². The summed E-state index contributed by atoms with van der Waals surface area (Å²) in [5, 5.41) is 3.11. The molecule has 0 aromatic carbocycles. The van der Waals surface area contributed by atoms with Crippen LogP contribution in [0.1, 0.15) is 0 Å². The molecule has 0 aliphatic carbocycles. The predicted molar refractivity (Wildman–Crippen MR) is 52.2 cm³/mol. The number of rotatable bonds is 3. The van der Waals surface area contributed by atoms with Gasteiger partial charge in [0.2, 0.25) is 0 Å². The topological polar surface area (TPSA) is 12.0 Å². The van der Waals surface area contributed by atoms with Gasteiger partial charge in [-0.2, -0.15) is 0 Å². The van der Waals surface area contributed by atoms with E-state index in [4.69, 9.17) is 0 Å².